The lowest BCUT2D eigenvalue weighted by Gasteiger charge is -2.11. The minimum Gasteiger partial charge on any atom is -0.208 e. The van der Waals surface area contributed by atoms with Gasteiger partial charge in [0.05, 0.1) is 0 Å². The van der Waals surface area contributed by atoms with Gasteiger partial charge in [0.25, 0.3) is 0 Å². The molecule has 0 spiro atoms. The van der Waals surface area contributed by atoms with Gasteiger partial charge in [-0.2, -0.15) is 0 Å². The number of sulfonamides is 1. The normalized spacial score (nSPS) is 14.1. The fourth-order valence-corrected chi connectivity index (χ4v) is 3.94. The van der Waals surface area contributed by atoms with Crippen LogP contribution in [0.3, 0.4) is 0 Å². The van der Waals surface area contributed by atoms with Crippen molar-refractivity contribution in [2.75, 3.05) is 5.33 Å². The van der Waals surface area contributed by atoms with Gasteiger partial charge in [0.1, 0.15) is 4.21 Å². The molecule has 1 heterocycles. The van der Waals surface area contributed by atoms with Crippen LogP contribution in [0.5, 0.6) is 0 Å². The van der Waals surface area contributed by atoms with E-state index in [0.29, 0.717) is 4.21 Å². The Kier molecular flexibility index (Phi) is 4.56. The first kappa shape index (κ1) is 12.2. The number of nitrogens with one attached hydrogen (secondary N) is 1. The van der Waals surface area contributed by atoms with E-state index in [4.69, 9.17) is 0 Å². The van der Waals surface area contributed by atoms with E-state index in [9.17, 15) is 8.42 Å². The minimum absolute atomic E-state index is 0.0403. The van der Waals surface area contributed by atoms with Crippen molar-refractivity contribution in [2.45, 2.75) is 23.6 Å². The van der Waals surface area contributed by atoms with Gasteiger partial charge in [0, 0.05) is 11.4 Å². The smallest absolute Gasteiger partial charge is 0.208 e. The van der Waals surface area contributed by atoms with Crippen LogP contribution in [-0.4, -0.2) is 19.8 Å². The molecule has 0 radical (unpaired) electrons. The summed E-state index contributed by atoms with van der Waals surface area (Å²) in [5.74, 6) is 0. The molecule has 14 heavy (non-hydrogen) atoms. The molecule has 6 heteroatoms. The number of hydrogen-bond donors (Lipinski definition) is 1. The molecule has 0 saturated heterocycles. The van der Waals surface area contributed by atoms with Crippen molar-refractivity contribution in [3.63, 3.8) is 0 Å². The van der Waals surface area contributed by atoms with Gasteiger partial charge in [0.15, 0.2) is 0 Å². The monoisotopic (exact) mass is 297 g/mol. The van der Waals surface area contributed by atoms with Crippen molar-refractivity contribution in [2.24, 2.45) is 0 Å². The third-order valence-corrected chi connectivity index (χ3v) is 5.10. The molecule has 0 saturated carbocycles. The lowest BCUT2D eigenvalue weighted by atomic mass is 10.3. The molecule has 0 aromatic carbocycles. The summed E-state index contributed by atoms with van der Waals surface area (Å²) >= 11 is 4.50. The molecular weight excluding hydrogens is 286 g/mol. The minimum atomic E-state index is -3.29. The van der Waals surface area contributed by atoms with E-state index < -0.39 is 10.0 Å². The van der Waals surface area contributed by atoms with E-state index in [-0.39, 0.29) is 6.04 Å². The molecule has 1 aromatic rings. The van der Waals surface area contributed by atoms with Gasteiger partial charge in [-0.25, -0.2) is 13.1 Å². The summed E-state index contributed by atoms with van der Waals surface area (Å²) in [7, 11) is -3.29. The maximum Gasteiger partial charge on any atom is 0.250 e. The summed E-state index contributed by atoms with van der Waals surface area (Å²) in [5.41, 5.74) is 0. The average Bonchev–Trinajstić information content (AvgIpc) is 2.54. The molecule has 80 valence electrons. The Bertz CT molecular complexity index is 361. The standard InChI is InChI=1S/C8H12BrNO2S2/c1-7(4-5-9)10-14(11,12)8-3-2-6-13-8/h2-3,6-7,10H,4-5H2,1H3. The second kappa shape index (κ2) is 5.25. The molecule has 0 fully saturated rings. The van der Waals surface area contributed by atoms with Crippen LogP contribution in [0, 0.1) is 0 Å². The highest BCUT2D eigenvalue weighted by molar-refractivity contribution is 9.09. The summed E-state index contributed by atoms with van der Waals surface area (Å²) < 4.78 is 26.3. The Morgan fingerprint density at radius 3 is 2.86 bits per heavy atom. The van der Waals surface area contributed by atoms with Crippen LogP contribution in [0.15, 0.2) is 21.7 Å². The molecule has 0 aliphatic heterocycles. The third-order valence-electron chi connectivity index (χ3n) is 1.66. The Morgan fingerprint density at radius 2 is 2.36 bits per heavy atom. The fourth-order valence-electron chi connectivity index (χ4n) is 0.962. The predicted molar refractivity (Wildman–Crippen MR) is 62.5 cm³/mol. The Balaban J connectivity index is 2.68. The predicted octanol–water partition coefficient (Wildman–Crippen LogP) is 2.20. The topological polar surface area (TPSA) is 46.2 Å². The first-order chi connectivity index (χ1) is 6.56. The van der Waals surface area contributed by atoms with Crippen LogP contribution in [0.2, 0.25) is 0 Å². The van der Waals surface area contributed by atoms with Crippen molar-refractivity contribution >= 4 is 37.3 Å². The molecule has 1 atom stereocenters. The fraction of sp³-hybridized carbons (Fsp3) is 0.500. The molecule has 0 bridgehead atoms. The number of rotatable bonds is 5. The Morgan fingerprint density at radius 1 is 1.64 bits per heavy atom. The van der Waals surface area contributed by atoms with Crippen molar-refractivity contribution in [3.05, 3.63) is 17.5 Å². The van der Waals surface area contributed by atoms with E-state index in [1.54, 1.807) is 17.5 Å². The quantitative estimate of drug-likeness (QED) is 0.847. The van der Waals surface area contributed by atoms with Crippen molar-refractivity contribution in [1.82, 2.24) is 4.72 Å². The highest BCUT2D eigenvalue weighted by atomic mass is 79.9. The number of thiophene rings is 1. The Labute approximate surface area is 96.7 Å². The van der Waals surface area contributed by atoms with Gasteiger partial charge >= 0.3 is 0 Å². The van der Waals surface area contributed by atoms with Gasteiger partial charge in [-0.1, -0.05) is 22.0 Å². The zero-order valence-electron chi connectivity index (χ0n) is 7.73. The van der Waals surface area contributed by atoms with Crippen LogP contribution in [0.25, 0.3) is 0 Å². The molecule has 1 aromatic heterocycles. The van der Waals surface area contributed by atoms with Gasteiger partial charge in [-0.15, -0.1) is 11.3 Å². The summed E-state index contributed by atoms with van der Waals surface area (Å²) in [6, 6.07) is 3.30. The van der Waals surface area contributed by atoms with Crippen LogP contribution >= 0.6 is 27.3 Å². The van der Waals surface area contributed by atoms with Gasteiger partial charge in [-0.3, -0.25) is 0 Å². The van der Waals surface area contributed by atoms with Crippen molar-refractivity contribution in [3.8, 4) is 0 Å². The average molecular weight is 298 g/mol. The zero-order chi connectivity index (χ0) is 10.6. The molecule has 0 aliphatic rings. The molecule has 1 unspecified atom stereocenters. The van der Waals surface area contributed by atoms with E-state index in [2.05, 4.69) is 20.7 Å². The molecule has 0 aliphatic carbocycles. The number of hydrogen-bond acceptors (Lipinski definition) is 3. The maximum atomic E-state index is 11.7. The van der Waals surface area contributed by atoms with Crippen LogP contribution in [0.4, 0.5) is 0 Å². The summed E-state index contributed by atoms with van der Waals surface area (Å²) in [6.07, 6.45) is 0.782. The molecular formula is C8H12BrNO2S2. The summed E-state index contributed by atoms with van der Waals surface area (Å²) in [4.78, 5) is 0. The van der Waals surface area contributed by atoms with Crippen LogP contribution in [-0.2, 0) is 10.0 Å². The van der Waals surface area contributed by atoms with Gasteiger partial charge in [-0.05, 0) is 24.8 Å². The van der Waals surface area contributed by atoms with Crippen molar-refractivity contribution in [1.29, 1.82) is 0 Å². The van der Waals surface area contributed by atoms with E-state index in [1.807, 2.05) is 6.92 Å². The second-order valence-corrected chi connectivity index (χ2v) is 6.61. The Hall–Kier alpha value is 0.0900. The SMILES string of the molecule is CC(CCBr)NS(=O)(=O)c1cccs1. The van der Waals surface area contributed by atoms with Crippen LogP contribution in [0.1, 0.15) is 13.3 Å². The zero-order valence-corrected chi connectivity index (χ0v) is 11.0. The van der Waals surface area contributed by atoms with E-state index in [0.717, 1.165) is 11.8 Å². The first-order valence-corrected chi connectivity index (χ1v) is 7.66. The van der Waals surface area contributed by atoms with E-state index >= 15 is 0 Å². The second-order valence-electron chi connectivity index (χ2n) is 2.93. The highest BCUT2D eigenvalue weighted by Crippen LogP contribution is 2.16. The lowest BCUT2D eigenvalue weighted by molar-refractivity contribution is 0.559. The maximum absolute atomic E-state index is 11.7. The summed E-state index contributed by atoms with van der Waals surface area (Å²) in [6.45, 7) is 1.85. The lowest BCUT2D eigenvalue weighted by Crippen LogP contribution is -2.32. The van der Waals surface area contributed by atoms with Gasteiger partial charge in [0.2, 0.25) is 10.0 Å². The van der Waals surface area contributed by atoms with Gasteiger partial charge < -0.3 is 0 Å². The van der Waals surface area contributed by atoms with E-state index in [1.165, 1.54) is 11.3 Å². The largest absolute Gasteiger partial charge is 0.250 e. The molecule has 1 rings (SSSR count). The number of alkyl halides is 1. The number of halogens is 1. The third kappa shape index (κ3) is 3.34. The molecule has 1 N–H and O–H groups in total. The molecule has 3 nitrogen and oxygen atoms in total. The highest BCUT2D eigenvalue weighted by Gasteiger charge is 2.17. The summed E-state index contributed by atoms with van der Waals surface area (Å²) in [5, 5.41) is 2.55. The first-order valence-electron chi connectivity index (χ1n) is 4.18. The molecule has 0 amide bonds. The van der Waals surface area contributed by atoms with Crippen LogP contribution < -0.4 is 4.72 Å². The van der Waals surface area contributed by atoms with Crippen molar-refractivity contribution < 1.29 is 8.42 Å².